The Labute approximate surface area is 113 Å². The van der Waals surface area contributed by atoms with Gasteiger partial charge in [0.2, 0.25) is 0 Å². The molecule has 0 bridgehead atoms. The van der Waals surface area contributed by atoms with Gasteiger partial charge in [-0.25, -0.2) is 8.78 Å². The average molecular weight is 280 g/mol. The van der Waals surface area contributed by atoms with Gasteiger partial charge in [-0.15, -0.1) is 11.6 Å². The number of nitriles is 1. The van der Waals surface area contributed by atoms with Crippen LogP contribution in [0.2, 0.25) is 0 Å². The molecule has 0 heterocycles. The number of halogens is 3. The maximum Gasteiger partial charge on any atom is 0.148 e. The van der Waals surface area contributed by atoms with E-state index in [4.69, 9.17) is 21.6 Å². The fourth-order valence-electron chi connectivity index (χ4n) is 1.58. The molecule has 0 aliphatic heterocycles. The molecule has 19 heavy (non-hydrogen) atoms. The van der Waals surface area contributed by atoms with Crippen molar-refractivity contribution >= 4 is 11.6 Å². The van der Waals surface area contributed by atoms with Gasteiger partial charge in [-0.3, -0.25) is 0 Å². The maximum atomic E-state index is 13.5. The molecule has 0 saturated carbocycles. The molecule has 5 heteroatoms. The highest BCUT2D eigenvalue weighted by Crippen LogP contribution is 2.31. The van der Waals surface area contributed by atoms with Gasteiger partial charge in [0.05, 0.1) is 5.88 Å². The van der Waals surface area contributed by atoms with Gasteiger partial charge >= 0.3 is 0 Å². The SMILES string of the molecule is N#Cc1c(F)cccc1Oc1cccc(F)c1CCl. The summed E-state index contributed by atoms with van der Waals surface area (Å²) >= 11 is 5.65. The Morgan fingerprint density at radius 1 is 1.05 bits per heavy atom. The fraction of sp³-hybridized carbons (Fsp3) is 0.0714. The Hall–Kier alpha value is -2.12. The van der Waals surface area contributed by atoms with Crippen LogP contribution in [0.15, 0.2) is 36.4 Å². The number of benzene rings is 2. The van der Waals surface area contributed by atoms with Crippen LogP contribution in [0.3, 0.4) is 0 Å². The van der Waals surface area contributed by atoms with E-state index in [-0.39, 0.29) is 28.5 Å². The number of hydrogen-bond acceptors (Lipinski definition) is 2. The summed E-state index contributed by atoms with van der Waals surface area (Å²) in [4.78, 5) is 0. The molecule has 0 amide bonds. The minimum absolute atomic E-state index is 0.0273. The third-order valence-corrected chi connectivity index (χ3v) is 2.78. The molecule has 2 nitrogen and oxygen atoms in total. The molecule has 0 unspecified atom stereocenters. The summed E-state index contributed by atoms with van der Waals surface area (Å²) in [6, 6.07) is 9.91. The van der Waals surface area contributed by atoms with Crippen molar-refractivity contribution in [2.24, 2.45) is 0 Å². The van der Waals surface area contributed by atoms with Crippen molar-refractivity contribution < 1.29 is 13.5 Å². The maximum absolute atomic E-state index is 13.5. The summed E-state index contributed by atoms with van der Waals surface area (Å²) in [6.07, 6.45) is 0. The van der Waals surface area contributed by atoms with Gasteiger partial charge in [0.1, 0.15) is 34.8 Å². The lowest BCUT2D eigenvalue weighted by Gasteiger charge is -2.11. The first kappa shape index (κ1) is 13.3. The molecule has 0 aliphatic carbocycles. The topological polar surface area (TPSA) is 33.0 Å². The van der Waals surface area contributed by atoms with Crippen molar-refractivity contribution in [3.63, 3.8) is 0 Å². The number of rotatable bonds is 3. The number of hydrogen-bond donors (Lipinski definition) is 0. The van der Waals surface area contributed by atoms with E-state index in [0.717, 1.165) is 6.07 Å². The molecule has 0 spiro atoms. The molecular formula is C14H8ClF2NO. The molecule has 0 atom stereocenters. The predicted octanol–water partition coefficient (Wildman–Crippen LogP) is 4.37. The summed E-state index contributed by atoms with van der Waals surface area (Å²) in [5.74, 6) is -1.10. The zero-order valence-electron chi connectivity index (χ0n) is 9.66. The Morgan fingerprint density at radius 2 is 1.68 bits per heavy atom. The third-order valence-electron chi connectivity index (χ3n) is 2.52. The normalized spacial score (nSPS) is 10.0. The minimum atomic E-state index is -0.691. The summed E-state index contributed by atoms with van der Waals surface area (Å²) < 4.78 is 32.3. The van der Waals surface area contributed by atoms with E-state index < -0.39 is 11.6 Å². The second-order valence-electron chi connectivity index (χ2n) is 3.68. The van der Waals surface area contributed by atoms with Gasteiger partial charge in [0.25, 0.3) is 0 Å². The molecule has 0 radical (unpaired) electrons. The van der Waals surface area contributed by atoms with Gasteiger partial charge in [-0.05, 0) is 24.3 Å². The molecule has 0 N–H and O–H groups in total. The number of alkyl halides is 1. The van der Waals surface area contributed by atoms with Crippen molar-refractivity contribution in [2.75, 3.05) is 0 Å². The lowest BCUT2D eigenvalue weighted by molar-refractivity contribution is 0.463. The summed E-state index contributed by atoms with van der Waals surface area (Å²) in [6.45, 7) is 0. The molecule has 2 rings (SSSR count). The molecule has 0 aliphatic rings. The van der Waals surface area contributed by atoms with E-state index in [9.17, 15) is 8.78 Å². The summed E-state index contributed by atoms with van der Waals surface area (Å²) in [7, 11) is 0. The Morgan fingerprint density at radius 3 is 2.32 bits per heavy atom. The quantitative estimate of drug-likeness (QED) is 0.782. The largest absolute Gasteiger partial charge is 0.455 e. The highest BCUT2D eigenvalue weighted by Gasteiger charge is 2.13. The smallest absolute Gasteiger partial charge is 0.148 e. The minimum Gasteiger partial charge on any atom is -0.455 e. The second-order valence-corrected chi connectivity index (χ2v) is 3.94. The van der Waals surface area contributed by atoms with Gasteiger partial charge in [0.15, 0.2) is 0 Å². The van der Waals surface area contributed by atoms with E-state index >= 15 is 0 Å². The van der Waals surface area contributed by atoms with E-state index in [2.05, 4.69) is 0 Å². The summed E-state index contributed by atoms with van der Waals surface area (Å²) in [5, 5.41) is 8.89. The van der Waals surface area contributed by atoms with Crippen LogP contribution >= 0.6 is 11.6 Å². The Balaban J connectivity index is 2.46. The molecule has 2 aromatic rings. The van der Waals surface area contributed by atoms with Gasteiger partial charge in [-0.1, -0.05) is 12.1 Å². The Bertz CT molecular complexity index is 652. The second kappa shape index (κ2) is 5.68. The molecule has 0 aromatic heterocycles. The Kier molecular flexibility index (Phi) is 3.98. The highest BCUT2D eigenvalue weighted by atomic mass is 35.5. The van der Waals surface area contributed by atoms with Crippen molar-refractivity contribution in [3.8, 4) is 17.6 Å². The monoisotopic (exact) mass is 279 g/mol. The van der Waals surface area contributed by atoms with Crippen molar-refractivity contribution in [1.82, 2.24) is 0 Å². The number of ether oxygens (including phenoxy) is 1. The van der Waals surface area contributed by atoms with Crippen LogP contribution in [-0.2, 0) is 5.88 Å². The van der Waals surface area contributed by atoms with Crippen LogP contribution in [-0.4, -0.2) is 0 Å². The zero-order valence-corrected chi connectivity index (χ0v) is 10.4. The molecule has 0 saturated heterocycles. The van der Waals surface area contributed by atoms with Gasteiger partial charge < -0.3 is 4.74 Å². The van der Waals surface area contributed by atoms with E-state index in [1.165, 1.54) is 30.3 Å². The third kappa shape index (κ3) is 2.67. The van der Waals surface area contributed by atoms with E-state index in [1.807, 2.05) is 0 Å². The van der Waals surface area contributed by atoms with Gasteiger partial charge in [0, 0.05) is 5.56 Å². The lowest BCUT2D eigenvalue weighted by Crippen LogP contribution is -1.96. The fourth-order valence-corrected chi connectivity index (χ4v) is 1.84. The molecule has 2 aromatic carbocycles. The van der Waals surface area contributed by atoms with Crippen LogP contribution in [0.5, 0.6) is 11.5 Å². The predicted molar refractivity (Wildman–Crippen MR) is 67.1 cm³/mol. The first-order valence-electron chi connectivity index (χ1n) is 5.37. The zero-order chi connectivity index (χ0) is 13.8. The average Bonchev–Trinajstić information content (AvgIpc) is 2.39. The lowest BCUT2D eigenvalue weighted by atomic mass is 10.2. The summed E-state index contributed by atoms with van der Waals surface area (Å²) in [5.41, 5.74) is -0.0652. The molecule has 0 fully saturated rings. The van der Waals surface area contributed by atoms with Crippen LogP contribution in [0.4, 0.5) is 8.78 Å². The van der Waals surface area contributed by atoms with Crippen LogP contribution in [0, 0.1) is 23.0 Å². The van der Waals surface area contributed by atoms with Crippen molar-refractivity contribution in [2.45, 2.75) is 5.88 Å². The van der Waals surface area contributed by atoms with E-state index in [1.54, 1.807) is 6.07 Å². The van der Waals surface area contributed by atoms with Gasteiger partial charge in [-0.2, -0.15) is 5.26 Å². The number of nitrogens with zero attached hydrogens (tertiary/aromatic N) is 1. The van der Waals surface area contributed by atoms with Crippen LogP contribution in [0.25, 0.3) is 0 Å². The molecule has 96 valence electrons. The first-order valence-corrected chi connectivity index (χ1v) is 5.90. The van der Waals surface area contributed by atoms with Crippen molar-refractivity contribution in [1.29, 1.82) is 5.26 Å². The van der Waals surface area contributed by atoms with E-state index in [0.29, 0.717) is 0 Å². The standard InChI is InChI=1S/C14H8ClF2NO/c15-7-9-11(16)3-1-5-13(9)19-14-6-2-4-12(17)10(14)8-18/h1-6H,7H2. The molecular weight excluding hydrogens is 272 g/mol. The highest BCUT2D eigenvalue weighted by molar-refractivity contribution is 6.17. The van der Waals surface area contributed by atoms with Crippen LogP contribution < -0.4 is 4.74 Å². The van der Waals surface area contributed by atoms with Crippen LogP contribution in [0.1, 0.15) is 11.1 Å². The first-order chi connectivity index (χ1) is 9.17. The van der Waals surface area contributed by atoms with Crippen molar-refractivity contribution in [3.05, 3.63) is 59.2 Å².